The predicted octanol–water partition coefficient (Wildman–Crippen LogP) is 4.71. The van der Waals surface area contributed by atoms with Crippen LogP contribution in [0.2, 0.25) is 0 Å². The van der Waals surface area contributed by atoms with Crippen LogP contribution in [-0.4, -0.2) is 11.9 Å². The largest absolute Gasteiger partial charge is 0.373 e. The molecule has 2 nitrogen and oxygen atoms in total. The van der Waals surface area contributed by atoms with Gasteiger partial charge in [-0.15, -0.1) is 0 Å². The zero-order chi connectivity index (χ0) is 16.3. The normalized spacial score (nSPS) is 33.8. The van der Waals surface area contributed by atoms with Crippen molar-refractivity contribution in [1.82, 2.24) is 0 Å². The van der Waals surface area contributed by atoms with Crippen molar-refractivity contribution < 1.29 is 9.53 Å². The van der Waals surface area contributed by atoms with E-state index in [9.17, 15) is 4.79 Å². The molecule has 0 bridgehead atoms. The first-order valence-corrected chi connectivity index (χ1v) is 8.61. The molecule has 0 radical (unpaired) electrons. The van der Waals surface area contributed by atoms with Crippen molar-refractivity contribution in [2.45, 2.75) is 45.8 Å². The number of rotatable bonds is 4. The first-order valence-electron chi connectivity index (χ1n) is 8.61. The number of hydrogen-bond donors (Lipinski definition) is 0. The van der Waals surface area contributed by atoms with Gasteiger partial charge < -0.3 is 4.74 Å². The molecule has 0 amide bonds. The summed E-state index contributed by atoms with van der Waals surface area (Å²) in [5.41, 5.74) is 1.25. The number of carbonyl (C=O) groups excluding carboxylic acids is 1. The molecule has 1 aromatic carbocycles. The minimum atomic E-state index is 0.00155. The fraction of sp³-hybridized carbons (Fsp3) is 0.476. The quantitative estimate of drug-likeness (QED) is 0.805. The zero-order valence-corrected chi connectivity index (χ0v) is 14.1. The maximum Gasteiger partial charge on any atom is 0.138 e. The molecule has 1 fully saturated rings. The lowest BCUT2D eigenvalue weighted by atomic mass is 9.64. The minimum Gasteiger partial charge on any atom is -0.373 e. The lowest BCUT2D eigenvalue weighted by molar-refractivity contribution is -0.136. The first-order chi connectivity index (χ1) is 11.1. The Bertz CT molecular complexity index is 602. The molecule has 2 aliphatic rings. The van der Waals surface area contributed by atoms with Gasteiger partial charge in [0.25, 0.3) is 0 Å². The first kappa shape index (κ1) is 16.2. The second-order valence-electron chi connectivity index (χ2n) is 7.22. The molecule has 122 valence electrons. The SMILES string of the molecule is CC1C(=O)CC(C2(C)C=CC=CC2)CC1OCc1ccccc1. The van der Waals surface area contributed by atoms with E-state index in [2.05, 4.69) is 43.4 Å². The van der Waals surface area contributed by atoms with Crippen LogP contribution in [0, 0.1) is 17.3 Å². The van der Waals surface area contributed by atoms with Crippen LogP contribution < -0.4 is 0 Å². The highest BCUT2D eigenvalue weighted by atomic mass is 16.5. The summed E-state index contributed by atoms with van der Waals surface area (Å²) in [6, 6.07) is 10.2. The molecule has 2 aliphatic carbocycles. The lowest BCUT2D eigenvalue weighted by Gasteiger charge is -2.42. The molecule has 0 spiro atoms. The molecule has 2 heteroatoms. The molecule has 0 N–H and O–H groups in total. The van der Waals surface area contributed by atoms with Crippen LogP contribution in [0.1, 0.15) is 38.7 Å². The maximum absolute atomic E-state index is 12.5. The molecule has 1 aromatic rings. The molecule has 0 heterocycles. The third-order valence-corrected chi connectivity index (χ3v) is 5.55. The molecule has 4 unspecified atom stereocenters. The van der Waals surface area contributed by atoms with Gasteiger partial charge in [-0.05, 0) is 29.7 Å². The highest BCUT2D eigenvalue weighted by Crippen LogP contribution is 2.44. The third kappa shape index (κ3) is 3.64. The van der Waals surface area contributed by atoms with Crippen molar-refractivity contribution in [3.63, 3.8) is 0 Å². The van der Waals surface area contributed by atoms with Gasteiger partial charge in [0.1, 0.15) is 5.78 Å². The van der Waals surface area contributed by atoms with Crippen LogP contribution >= 0.6 is 0 Å². The van der Waals surface area contributed by atoms with Gasteiger partial charge in [0.15, 0.2) is 0 Å². The summed E-state index contributed by atoms with van der Waals surface area (Å²) in [5.74, 6) is 0.721. The van der Waals surface area contributed by atoms with Crippen molar-refractivity contribution in [1.29, 1.82) is 0 Å². The Balaban J connectivity index is 1.68. The van der Waals surface area contributed by atoms with E-state index in [-0.39, 0.29) is 17.4 Å². The Morgan fingerprint density at radius 3 is 2.70 bits per heavy atom. The molecule has 23 heavy (non-hydrogen) atoms. The van der Waals surface area contributed by atoms with Crippen LogP contribution in [0.4, 0.5) is 0 Å². The number of Topliss-reactive ketones (excluding diaryl/α,β-unsaturated/α-hetero) is 1. The smallest absolute Gasteiger partial charge is 0.138 e. The summed E-state index contributed by atoms with van der Waals surface area (Å²) < 4.78 is 6.15. The summed E-state index contributed by atoms with van der Waals surface area (Å²) in [5, 5.41) is 0. The molecular formula is C21H26O2. The second-order valence-corrected chi connectivity index (χ2v) is 7.22. The molecule has 0 aliphatic heterocycles. The van der Waals surface area contributed by atoms with Gasteiger partial charge in [-0.2, -0.15) is 0 Å². The summed E-state index contributed by atoms with van der Waals surface area (Å²) in [7, 11) is 0. The van der Waals surface area contributed by atoms with Crippen LogP contribution in [0.25, 0.3) is 0 Å². The number of ketones is 1. The molecule has 3 rings (SSSR count). The van der Waals surface area contributed by atoms with Crippen molar-refractivity contribution in [3.8, 4) is 0 Å². The summed E-state index contributed by atoms with van der Waals surface area (Å²) >= 11 is 0. The maximum atomic E-state index is 12.5. The predicted molar refractivity (Wildman–Crippen MR) is 92.9 cm³/mol. The standard InChI is InChI=1S/C21H26O2/c1-16-19(22)13-18(21(2)11-7-4-8-12-21)14-20(16)23-15-17-9-5-3-6-10-17/h3-11,16,18,20H,12-15H2,1-2H3. The van der Waals surface area contributed by atoms with E-state index >= 15 is 0 Å². The van der Waals surface area contributed by atoms with Gasteiger partial charge in [-0.1, -0.05) is 68.5 Å². The molecule has 0 saturated heterocycles. The third-order valence-electron chi connectivity index (χ3n) is 5.55. The van der Waals surface area contributed by atoms with E-state index in [0.29, 0.717) is 24.7 Å². The monoisotopic (exact) mass is 310 g/mol. The van der Waals surface area contributed by atoms with Crippen LogP contribution in [0.15, 0.2) is 54.6 Å². The lowest BCUT2D eigenvalue weighted by Crippen LogP contribution is -2.42. The number of ether oxygens (including phenoxy) is 1. The van der Waals surface area contributed by atoms with E-state index in [1.165, 1.54) is 5.56 Å². The Labute approximate surface area is 139 Å². The zero-order valence-electron chi connectivity index (χ0n) is 14.1. The average molecular weight is 310 g/mol. The highest BCUT2D eigenvalue weighted by Gasteiger charge is 2.42. The minimum absolute atomic E-state index is 0.00155. The fourth-order valence-corrected chi connectivity index (χ4v) is 3.74. The van der Waals surface area contributed by atoms with Gasteiger partial charge in [0, 0.05) is 12.3 Å². The van der Waals surface area contributed by atoms with Crippen LogP contribution in [0.3, 0.4) is 0 Å². The summed E-state index contributed by atoms with van der Waals surface area (Å²) in [6.45, 7) is 4.88. The van der Waals surface area contributed by atoms with E-state index in [1.807, 2.05) is 25.1 Å². The van der Waals surface area contributed by atoms with Crippen molar-refractivity contribution >= 4 is 5.78 Å². The van der Waals surface area contributed by atoms with E-state index in [1.54, 1.807) is 0 Å². The summed E-state index contributed by atoms with van der Waals surface area (Å²) in [6.07, 6.45) is 11.4. The number of allylic oxidation sites excluding steroid dienone is 4. The number of carbonyl (C=O) groups is 1. The van der Waals surface area contributed by atoms with Gasteiger partial charge >= 0.3 is 0 Å². The van der Waals surface area contributed by atoms with Crippen LogP contribution in [0.5, 0.6) is 0 Å². The van der Waals surface area contributed by atoms with Crippen molar-refractivity contribution in [2.75, 3.05) is 0 Å². The topological polar surface area (TPSA) is 26.3 Å². The van der Waals surface area contributed by atoms with Gasteiger partial charge in [-0.25, -0.2) is 0 Å². The Morgan fingerprint density at radius 2 is 2.00 bits per heavy atom. The van der Waals surface area contributed by atoms with Gasteiger partial charge in [0.2, 0.25) is 0 Å². The van der Waals surface area contributed by atoms with E-state index in [0.717, 1.165) is 12.8 Å². The number of benzene rings is 1. The second kappa shape index (κ2) is 6.84. The Kier molecular flexibility index (Phi) is 4.82. The molecule has 4 atom stereocenters. The van der Waals surface area contributed by atoms with Gasteiger partial charge in [-0.3, -0.25) is 4.79 Å². The number of hydrogen-bond acceptors (Lipinski definition) is 2. The van der Waals surface area contributed by atoms with Crippen LogP contribution in [-0.2, 0) is 16.1 Å². The van der Waals surface area contributed by atoms with Crippen molar-refractivity contribution in [3.05, 3.63) is 60.2 Å². The Hall–Kier alpha value is -1.67. The Morgan fingerprint density at radius 1 is 1.22 bits per heavy atom. The van der Waals surface area contributed by atoms with E-state index in [4.69, 9.17) is 4.74 Å². The van der Waals surface area contributed by atoms with E-state index < -0.39 is 0 Å². The van der Waals surface area contributed by atoms with Crippen molar-refractivity contribution in [2.24, 2.45) is 17.3 Å². The highest BCUT2D eigenvalue weighted by molar-refractivity contribution is 5.82. The average Bonchev–Trinajstić information content (AvgIpc) is 2.57. The molecular weight excluding hydrogens is 284 g/mol. The molecule has 1 saturated carbocycles. The summed E-state index contributed by atoms with van der Waals surface area (Å²) in [4.78, 5) is 12.5. The van der Waals surface area contributed by atoms with Gasteiger partial charge in [0.05, 0.1) is 12.7 Å². The molecule has 0 aromatic heterocycles. The fourth-order valence-electron chi connectivity index (χ4n) is 3.74.